The third-order valence-electron chi connectivity index (χ3n) is 12.6. The molecule has 0 heterocycles. The summed E-state index contributed by atoms with van der Waals surface area (Å²) in [6.07, 6.45) is 11.1. The van der Waals surface area contributed by atoms with E-state index in [1.807, 2.05) is 61.1 Å². The van der Waals surface area contributed by atoms with Gasteiger partial charge in [-0.1, -0.05) is 81.6 Å². The van der Waals surface area contributed by atoms with Gasteiger partial charge in [-0.15, -0.1) is 0 Å². The Morgan fingerprint density at radius 3 is 0.489 bits per heavy atom. The lowest BCUT2D eigenvalue weighted by molar-refractivity contribution is -0.147. The Morgan fingerprint density at radius 1 is 0.202 bits per heavy atom. The molecule has 0 bridgehead atoms. The van der Waals surface area contributed by atoms with Gasteiger partial charge in [0.1, 0.15) is 79.3 Å². The minimum Gasteiger partial charge on any atom is -0.465 e. The SMILES string of the molecule is CC(=O)OCCN(CCOC(C)=O)CCOC(C)=O.CCC(=O)OCCN(CCOC(=O)CC)CCOC(=O)CC.CCCC(=O)OCCN(CCOC(=O)CCC)CCOC(=O)CCC.CCCCC(=O)OCCN(CCOC(=O)CCCC)CCOC(=O)CCCC. The first kappa shape index (κ1) is 93.9. The summed E-state index contributed by atoms with van der Waals surface area (Å²) in [6.45, 7) is 30.2. The Bertz CT molecular complexity index is 1790. The molecule has 0 N–H and O–H groups in total. The van der Waals surface area contributed by atoms with E-state index in [2.05, 4.69) is 0 Å². The summed E-state index contributed by atoms with van der Waals surface area (Å²) in [5.74, 6) is -3.04. The fraction of sp³-hybridized carbons (Fsp3) is 0.818. The van der Waals surface area contributed by atoms with Gasteiger partial charge in [-0.25, -0.2) is 0 Å². The molecule has 0 aromatic carbocycles. The molecule has 0 aliphatic carbocycles. The Kier molecular flexibility index (Phi) is 69.2. The molecule has 0 unspecified atom stereocenters. The fourth-order valence-electron chi connectivity index (χ4n) is 7.21. The molecule has 0 atom stereocenters. The third kappa shape index (κ3) is 71.3. The van der Waals surface area contributed by atoms with Crippen LogP contribution < -0.4 is 0 Å². The highest BCUT2D eigenvalue weighted by Gasteiger charge is 2.15. The molecule has 0 aromatic rings. The fourth-order valence-corrected chi connectivity index (χ4v) is 7.21. The first-order valence-corrected chi connectivity index (χ1v) is 33.7. The van der Waals surface area contributed by atoms with Crippen LogP contribution in [0.5, 0.6) is 0 Å². The van der Waals surface area contributed by atoms with Gasteiger partial charge in [0.2, 0.25) is 0 Å². The third-order valence-corrected chi connectivity index (χ3v) is 12.6. The molecule has 0 radical (unpaired) electrons. The van der Waals surface area contributed by atoms with Crippen LogP contribution in [0.4, 0.5) is 0 Å². The van der Waals surface area contributed by atoms with Crippen LogP contribution in [-0.4, -0.2) is 249 Å². The molecular weight excluding hydrogens is 1230 g/mol. The maximum absolute atomic E-state index is 11.6. The van der Waals surface area contributed by atoms with Crippen LogP contribution in [0.3, 0.4) is 0 Å². The van der Waals surface area contributed by atoms with Crippen molar-refractivity contribution in [2.45, 2.75) is 199 Å². The van der Waals surface area contributed by atoms with Gasteiger partial charge in [0.25, 0.3) is 0 Å². The van der Waals surface area contributed by atoms with Crippen LogP contribution in [0.25, 0.3) is 0 Å². The average Bonchev–Trinajstić information content (AvgIpc) is 3.57. The normalized spacial score (nSPS) is 10.5. The van der Waals surface area contributed by atoms with Crippen molar-refractivity contribution in [1.29, 1.82) is 0 Å². The first-order chi connectivity index (χ1) is 45.0. The van der Waals surface area contributed by atoms with E-state index in [1.54, 1.807) is 20.8 Å². The Balaban J connectivity index is -0.000000580. The summed E-state index contributed by atoms with van der Waals surface area (Å²) < 4.78 is 60.7. The summed E-state index contributed by atoms with van der Waals surface area (Å²) in [6, 6.07) is 0. The first-order valence-electron chi connectivity index (χ1n) is 33.7. The molecule has 0 spiro atoms. The monoisotopic (exact) mass is 1350 g/mol. The van der Waals surface area contributed by atoms with Crippen LogP contribution in [-0.2, 0) is 114 Å². The predicted molar refractivity (Wildman–Crippen MR) is 348 cm³/mol. The maximum Gasteiger partial charge on any atom is 0.305 e. The quantitative estimate of drug-likeness (QED) is 0.0440. The molecule has 28 heteroatoms. The van der Waals surface area contributed by atoms with E-state index < -0.39 is 0 Å². The second kappa shape index (κ2) is 69.3. The lowest BCUT2D eigenvalue weighted by Gasteiger charge is -2.22. The van der Waals surface area contributed by atoms with Gasteiger partial charge < -0.3 is 56.8 Å². The Morgan fingerprint density at radius 2 is 0.351 bits per heavy atom. The number of unbranched alkanes of at least 4 members (excludes halogenated alkanes) is 3. The zero-order valence-electron chi connectivity index (χ0n) is 59.3. The van der Waals surface area contributed by atoms with Crippen molar-refractivity contribution < 1.29 is 114 Å². The average molecular weight is 1350 g/mol. The highest BCUT2D eigenvalue weighted by Crippen LogP contribution is 2.04. The standard InChI is InChI=1S/C21H39NO6.C18H33NO6.C15H27NO6.C12H21NO6/c1-4-7-10-19(23)26-16-13-22(14-17-27-20(24)11-8-5-2)15-18-28-21(25)12-9-6-3;1-4-7-16(20)23-13-10-19(11-14-24-17(21)8-5-2)12-15-25-18(22)9-6-3;1-4-13(17)20-10-7-16(8-11-21-14(18)5-2)9-12-22-15(19)6-3;1-10(14)17-7-4-13(5-8-18-11(2)15)6-9-19-12(3)16/h4-18H2,1-3H3;4-15H2,1-3H3;4-12H2,1-3H3;4-9H2,1-3H3. The number of ether oxygens (including phenoxy) is 12. The highest BCUT2D eigenvalue weighted by atomic mass is 16.6. The molecule has 0 aliphatic heterocycles. The second-order valence-electron chi connectivity index (χ2n) is 21.0. The number of esters is 12. The molecular formula is C66H120N4O24. The molecule has 0 saturated heterocycles. The molecule has 548 valence electrons. The summed E-state index contributed by atoms with van der Waals surface area (Å²) in [7, 11) is 0. The lowest BCUT2D eigenvalue weighted by atomic mass is 10.2. The van der Waals surface area contributed by atoms with E-state index in [9.17, 15) is 57.5 Å². The minimum atomic E-state index is -0.347. The topological polar surface area (TPSA) is 329 Å². The van der Waals surface area contributed by atoms with Crippen molar-refractivity contribution in [2.24, 2.45) is 0 Å². The van der Waals surface area contributed by atoms with Crippen LogP contribution in [0.15, 0.2) is 0 Å². The second-order valence-corrected chi connectivity index (χ2v) is 21.0. The van der Waals surface area contributed by atoms with E-state index in [0.29, 0.717) is 136 Å². The van der Waals surface area contributed by atoms with Gasteiger partial charge in [-0.2, -0.15) is 0 Å². The van der Waals surface area contributed by atoms with Crippen molar-refractivity contribution in [1.82, 2.24) is 19.6 Å². The zero-order chi connectivity index (χ0) is 71.4. The summed E-state index contributed by atoms with van der Waals surface area (Å²) in [5, 5.41) is 0. The number of rotatable bonds is 54. The summed E-state index contributed by atoms with van der Waals surface area (Å²) in [4.78, 5) is 142. The lowest BCUT2D eigenvalue weighted by Crippen LogP contribution is -2.35. The summed E-state index contributed by atoms with van der Waals surface area (Å²) >= 11 is 0. The van der Waals surface area contributed by atoms with Gasteiger partial charge >= 0.3 is 71.6 Å². The number of hydrogen-bond donors (Lipinski definition) is 0. The molecule has 0 aromatic heterocycles. The predicted octanol–water partition coefficient (Wildman–Crippen LogP) is 6.93. The van der Waals surface area contributed by atoms with Crippen LogP contribution >= 0.6 is 0 Å². The number of nitrogens with zero attached hydrogens (tertiary/aromatic N) is 4. The van der Waals surface area contributed by atoms with E-state index >= 15 is 0 Å². The minimum absolute atomic E-state index is 0.196. The van der Waals surface area contributed by atoms with Gasteiger partial charge in [0.05, 0.1) is 0 Å². The molecule has 0 aliphatic rings. The smallest absolute Gasteiger partial charge is 0.305 e. The number of hydrogen-bond acceptors (Lipinski definition) is 28. The van der Waals surface area contributed by atoms with Gasteiger partial charge in [-0.3, -0.25) is 77.1 Å². The largest absolute Gasteiger partial charge is 0.465 e. The molecule has 0 saturated carbocycles. The van der Waals surface area contributed by atoms with Gasteiger partial charge in [0, 0.05) is 157 Å². The summed E-state index contributed by atoms with van der Waals surface area (Å²) in [5.41, 5.74) is 0. The molecule has 0 amide bonds. The van der Waals surface area contributed by atoms with Crippen molar-refractivity contribution in [3.05, 3.63) is 0 Å². The molecule has 0 fully saturated rings. The Hall–Kier alpha value is -6.52. The number of carbonyl (C=O) groups is 12. The van der Waals surface area contributed by atoms with Crippen molar-refractivity contribution in [3.8, 4) is 0 Å². The van der Waals surface area contributed by atoms with Gasteiger partial charge in [-0.05, 0) is 38.5 Å². The Labute approximate surface area is 560 Å². The molecule has 0 rings (SSSR count). The van der Waals surface area contributed by atoms with Crippen LogP contribution in [0.1, 0.15) is 199 Å². The van der Waals surface area contributed by atoms with Crippen molar-refractivity contribution in [2.75, 3.05) is 158 Å². The van der Waals surface area contributed by atoms with Crippen molar-refractivity contribution >= 4 is 71.6 Å². The maximum atomic E-state index is 11.6. The van der Waals surface area contributed by atoms with E-state index in [1.165, 1.54) is 20.8 Å². The number of carbonyl (C=O) groups excluding carboxylic acids is 12. The van der Waals surface area contributed by atoms with Crippen LogP contribution in [0.2, 0.25) is 0 Å². The van der Waals surface area contributed by atoms with E-state index in [-0.39, 0.29) is 151 Å². The van der Waals surface area contributed by atoms with E-state index in [4.69, 9.17) is 56.8 Å². The van der Waals surface area contributed by atoms with E-state index in [0.717, 1.165) is 57.8 Å². The zero-order valence-corrected chi connectivity index (χ0v) is 59.3. The van der Waals surface area contributed by atoms with Crippen molar-refractivity contribution in [3.63, 3.8) is 0 Å². The molecule has 28 nitrogen and oxygen atoms in total. The van der Waals surface area contributed by atoms with Gasteiger partial charge in [0.15, 0.2) is 0 Å². The highest BCUT2D eigenvalue weighted by molar-refractivity contribution is 5.72. The van der Waals surface area contributed by atoms with Crippen LogP contribution in [0, 0.1) is 0 Å². The molecule has 94 heavy (non-hydrogen) atoms.